The lowest BCUT2D eigenvalue weighted by atomic mass is 10.2. The number of nitrogens with zero attached hydrogens (tertiary/aromatic N) is 1. The highest BCUT2D eigenvalue weighted by Gasteiger charge is 2.31. The van der Waals surface area contributed by atoms with Crippen molar-refractivity contribution in [2.24, 2.45) is 5.92 Å². The molecule has 0 aromatic carbocycles. The molecule has 1 aliphatic rings. The first-order valence-electron chi connectivity index (χ1n) is 3.30. The van der Waals surface area contributed by atoms with Crippen molar-refractivity contribution < 1.29 is 9.21 Å². The number of hydrogen-bond acceptors (Lipinski definition) is 3. The van der Waals surface area contributed by atoms with E-state index in [1.807, 2.05) is 0 Å². The molecule has 0 spiro atoms. The van der Waals surface area contributed by atoms with Crippen LogP contribution in [0.2, 0.25) is 0 Å². The molecule has 0 aliphatic heterocycles. The van der Waals surface area contributed by atoms with Crippen LogP contribution in [0.4, 0.5) is 0 Å². The van der Waals surface area contributed by atoms with Gasteiger partial charge in [-0.1, -0.05) is 0 Å². The molecule has 52 valence electrons. The second-order valence-electron chi connectivity index (χ2n) is 2.51. The SMILES string of the molecule is O=C(c1cocn1)C1CC1. The lowest BCUT2D eigenvalue weighted by molar-refractivity contribution is 0.0963. The Morgan fingerprint density at radius 1 is 1.70 bits per heavy atom. The molecular formula is C7H7NO2. The molecule has 1 aliphatic carbocycles. The molecule has 0 N–H and O–H groups in total. The summed E-state index contributed by atoms with van der Waals surface area (Å²) in [5, 5.41) is 0. The Morgan fingerprint density at radius 2 is 2.50 bits per heavy atom. The van der Waals surface area contributed by atoms with E-state index in [0.29, 0.717) is 5.69 Å². The molecular weight excluding hydrogens is 130 g/mol. The lowest BCUT2D eigenvalue weighted by Gasteiger charge is -1.86. The third-order valence-electron chi connectivity index (χ3n) is 1.63. The molecule has 10 heavy (non-hydrogen) atoms. The maximum absolute atomic E-state index is 11.1. The summed E-state index contributed by atoms with van der Waals surface area (Å²) in [4.78, 5) is 14.9. The smallest absolute Gasteiger partial charge is 0.187 e. The van der Waals surface area contributed by atoms with Crippen molar-refractivity contribution in [1.29, 1.82) is 0 Å². The van der Waals surface area contributed by atoms with Crippen LogP contribution < -0.4 is 0 Å². The summed E-state index contributed by atoms with van der Waals surface area (Å²) in [5.74, 6) is 0.374. The zero-order valence-electron chi connectivity index (χ0n) is 5.41. The molecule has 0 radical (unpaired) electrons. The Balaban J connectivity index is 2.19. The van der Waals surface area contributed by atoms with Gasteiger partial charge in [-0.25, -0.2) is 4.98 Å². The van der Waals surface area contributed by atoms with Gasteiger partial charge in [-0.2, -0.15) is 0 Å². The third-order valence-corrected chi connectivity index (χ3v) is 1.63. The Bertz CT molecular complexity index is 236. The Labute approximate surface area is 58.1 Å². The number of oxazole rings is 1. The van der Waals surface area contributed by atoms with Crippen LogP contribution in [0.5, 0.6) is 0 Å². The van der Waals surface area contributed by atoms with E-state index in [0.717, 1.165) is 12.8 Å². The van der Waals surface area contributed by atoms with Gasteiger partial charge in [-0.3, -0.25) is 4.79 Å². The minimum absolute atomic E-state index is 0.133. The van der Waals surface area contributed by atoms with Crippen LogP contribution in [-0.4, -0.2) is 10.8 Å². The van der Waals surface area contributed by atoms with Gasteiger partial charge in [0.25, 0.3) is 0 Å². The fourth-order valence-electron chi connectivity index (χ4n) is 0.889. The second-order valence-corrected chi connectivity index (χ2v) is 2.51. The van der Waals surface area contributed by atoms with E-state index < -0.39 is 0 Å². The van der Waals surface area contributed by atoms with Gasteiger partial charge in [0.05, 0.1) is 0 Å². The first-order valence-corrected chi connectivity index (χ1v) is 3.30. The fraction of sp³-hybridized carbons (Fsp3) is 0.429. The molecule has 1 saturated carbocycles. The maximum atomic E-state index is 11.1. The van der Waals surface area contributed by atoms with Gasteiger partial charge in [-0.05, 0) is 12.8 Å². The average molecular weight is 137 g/mol. The molecule has 0 bridgehead atoms. The van der Waals surface area contributed by atoms with Gasteiger partial charge in [0.15, 0.2) is 12.2 Å². The average Bonchev–Trinajstić information content (AvgIpc) is 2.65. The van der Waals surface area contributed by atoms with Crippen LogP contribution in [0.1, 0.15) is 23.3 Å². The molecule has 3 nitrogen and oxygen atoms in total. The van der Waals surface area contributed by atoms with Gasteiger partial charge < -0.3 is 4.42 Å². The Kier molecular flexibility index (Phi) is 1.09. The normalized spacial score (nSPS) is 17.2. The highest BCUT2D eigenvalue weighted by Crippen LogP contribution is 2.31. The molecule has 3 heteroatoms. The van der Waals surface area contributed by atoms with Crippen LogP contribution in [0, 0.1) is 5.92 Å². The molecule has 0 unspecified atom stereocenters. The van der Waals surface area contributed by atoms with E-state index in [9.17, 15) is 4.79 Å². The van der Waals surface area contributed by atoms with E-state index in [-0.39, 0.29) is 11.7 Å². The molecule has 1 aromatic heterocycles. The first kappa shape index (κ1) is 5.65. The van der Waals surface area contributed by atoms with Crippen molar-refractivity contribution in [3.63, 3.8) is 0 Å². The molecule has 1 aromatic rings. The number of carbonyl (C=O) groups is 1. The van der Waals surface area contributed by atoms with Crippen LogP contribution in [-0.2, 0) is 0 Å². The highest BCUT2D eigenvalue weighted by molar-refractivity contribution is 5.97. The van der Waals surface area contributed by atoms with E-state index in [2.05, 4.69) is 9.40 Å². The largest absolute Gasteiger partial charge is 0.451 e. The second kappa shape index (κ2) is 1.94. The van der Waals surface area contributed by atoms with Crippen molar-refractivity contribution in [1.82, 2.24) is 4.98 Å². The van der Waals surface area contributed by atoms with E-state index in [4.69, 9.17) is 0 Å². The van der Waals surface area contributed by atoms with Gasteiger partial charge in [0.1, 0.15) is 12.0 Å². The zero-order valence-corrected chi connectivity index (χ0v) is 5.41. The third kappa shape index (κ3) is 0.835. The van der Waals surface area contributed by atoms with Crippen LogP contribution in [0.25, 0.3) is 0 Å². The molecule has 0 atom stereocenters. The Morgan fingerprint density at radius 3 is 3.00 bits per heavy atom. The van der Waals surface area contributed by atoms with Gasteiger partial charge >= 0.3 is 0 Å². The van der Waals surface area contributed by atoms with Crippen molar-refractivity contribution in [3.8, 4) is 0 Å². The summed E-state index contributed by atoms with van der Waals surface area (Å²) in [6.45, 7) is 0. The molecule has 2 rings (SSSR count). The summed E-state index contributed by atoms with van der Waals surface area (Å²) in [5.41, 5.74) is 0.475. The first-order chi connectivity index (χ1) is 4.88. The Hall–Kier alpha value is -1.12. The van der Waals surface area contributed by atoms with E-state index >= 15 is 0 Å². The highest BCUT2D eigenvalue weighted by atomic mass is 16.3. The van der Waals surface area contributed by atoms with Crippen LogP contribution in [0.15, 0.2) is 17.1 Å². The standard InChI is InChI=1S/C7H7NO2/c9-7(5-1-2-5)6-3-10-4-8-6/h3-5H,1-2H2. The van der Waals surface area contributed by atoms with Crippen molar-refractivity contribution in [3.05, 3.63) is 18.4 Å². The summed E-state index contributed by atoms with van der Waals surface area (Å²) in [7, 11) is 0. The molecule has 1 heterocycles. The maximum Gasteiger partial charge on any atom is 0.187 e. The predicted octanol–water partition coefficient (Wildman–Crippen LogP) is 1.27. The topological polar surface area (TPSA) is 43.1 Å². The minimum Gasteiger partial charge on any atom is -0.451 e. The summed E-state index contributed by atoms with van der Waals surface area (Å²) in [6.07, 6.45) is 4.73. The number of aromatic nitrogens is 1. The zero-order chi connectivity index (χ0) is 6.97. The quantitative estimate of drug-likeness (QED) is 0.576. The number of ketones is 1. The van der Waals surface area contributed by atoms with E-state index in [1.165, 1.54) is 12.7 Å². The number of Topliss-reactive ketones (excluding diaryl/α,β-unsaturated/α-hetero) is 1. The molecule has 0 amide bonds. The van der Waals surface area contributed by atoms with Gasteiger partial charge in [-0.15, -0.1) is 0 Å². The van der Waals surface area contributed by atoms with Crippen LogP contribution in [0.3, 0.4) is 0 Å². The molecule has 0 saturated heterocycles. The van der Waals surface area contributed by atoms with Crippen molar-refractivity contribution in [2.75, 3.05) is 0 Å². The summed E-state index contributed by atoms with van der Waals surface area (Å²) >= 11 is 0. The van der Waals surface area contributed by atoms with Crippen LogP contribution >= 0.6 is 0 Å². The monoisotopic (exact) mass is 137 g/mol. The summed E-state index contributed by atoms with van der Waals surface area (Å²) < 4.78 is 4.68. The minimum atomic E-state index is 0.133. The van der Waals surface area contributed by atoms with Crippen molar-refractivity contribution in [2.45, 2.75) is 12.8 Å². The van der Waals surface area contributed by atoms with Gasteiger partial charge in [0.2, 0.25) is 0 Å². The molecule has 1 fully saturated rings. The number of hydrogen-bond donors (Lipinski definition) is 0. The summed E-state index contributed by atoms with van der Waals surface area (Å²) in [6, 6.07) is 0. The number of rotatable bonds is 2. The van der Waals surface area contributed by atoms with Crippen molar-refractivity contribution >= 4 is 5.78 Å². The predicted molar refractivity (Wildman–Crippen MR) is 33.6 cm³/mol. The fourth-order valence-corrected chi connectivity index (χ4v) is 0.889. The number of carbonyl (C=O) groups excluding carboxylic acids is 1. The lowest BCUT2D eigenvalue weighted by Crippen LogP contribution is -2.00. The van der Waals surface area contributed by atoms with Gasteiger partial charge in [0, 0.05) is 5.92 Å². The van der Waals surface area contributed by atoms with E-state index in [1.54, 1.807) is 0 Å².